The lowest BCUT2D eigenvalue weighted by atomic mass is 10.1. The van der Waals surface area contributed by atoms with E-state index in [4.69, 9.17) is 5.73 Å². The minimum Gasteiger partial charge on any atom is -0.397 e. The van der Waals surface area contributed by atoms with Crippen LogP contribution in [0.15, 0.2) is 91.0 Å². The number of hydrogen-bond acceptors (Lipinski definition) is 2. The summed E-state index contributed by atoms with van der Waals surface area (Å²) in [7, 11) is 0. The quantitative estimate of drug-likeness (QED) is 0.382. The van der Waals surface area contributed by atoms with Gasteiger partial charge in [0.1, 0.15) is 0 Å². The van der Waals surface area contributed by atoms with Crippen LogP contribution in [-0.2, 0) is 6.54 Å². The molecule has 27 heavy (non-hydrogen) atoms. The van der Waals surface area contributed by atoms with Crippen LogP contribution >= 0.6 is 0 Å². The molecule has 0 saturated carbocycles. The minimum atomic E-state index is 0.717. The Morgan fingerprint density at radius 1 is 0.667 bits per heavy atom. The summed E-state index contributed by atoms with van der Waals surface area (Å²) < 4.78 is 0. The molecule has 2 nitrogen and oxygen atoms in total. The first-order valence-corrected chi connectivity index (χ1v) is 8.97. The number of nitrogens with one attached hydrogen (secondary N) is 1. The van der Waals surface area contributed by atoms with E-state index in [9.17, 15) is 0 Å². The Bertz CT molecular complexity index is 1120. The van der Waals surface area contributed by atoms with E-state index in [0.29, 0.717) is 0 Å². The Balaban J connectivity index is 1.45. The third-order valence-electron chi connectivity index (χ3n) is 4.53. The van der Waals surface area contributed by atoms with Crippen LogP contribution in [0.2, 0.25) is 0 Å². The van der Waals surface area contributed by atoms with Crippen LogP contribution in [0, 0.1) is 11.8 Å². The maximum Gasteiger partial charge on any atom is 0.0629 e. The highest BCUT2D eigenvalue weighted by molar-refractivity contribution is 5.98. The molecular weight excluding hydrogens is 328 g/mol. The van der Waals surface area contributed by atoms with Crippen molar-refractivity contribution in [2.45, 2.75) is 6.54 Å². The average molecular weight is 348 g/mol. The third-order valence-corrected chi connectivity index (χ3v) is 4.53. The molecule has 0 spiro atoms. The van der Waals surface area contributed by atoms with Gasteiger partial charge < -0.3 is 11.1 Å². The Morgan fingerprint density at radius 2 is 1.33 bits per heavy atom. The number of anilines is 2. The Morgan fingerprint density at radius 3 is 2.11 bits per heavy atom. The predicted octanol–water partition coefficient (Wildman–Crippen LogP) is 5.43. The Labute approximate surface area is 159 Å². The molecule has 130 valence electrons. The van der Waals surface area contributed by atoms with Gasteiger partial charge in [-0.1, -0.05) is 72.5 Å². The zero-order chi connectivity index (χ0) is 18.5. The largest absolute Gasteiger partial charge is 0.397 e. The van der Waals surface area contributed by atoms with Gasteiger partial charge in [0.05, 0.1) is 11.4 Å². The molecule has 0 radical (unpaired) electrons. The molecule has 0 aliphatic carbocycles. The van der Waals surface area contributed by atoms with Crippen molar-refractivity contribution in [1.82, 2.24) is 0 Å². The van der Waals surface area contributed by atoms with Gasteiger partial charge in [-0.25, -0.2) is 0 Å². The van der Waals surface area contributed by atoms with Crippen molar-refractivity contribution in [2.75, 3.05) is 11.1 Å². The van der Waals surface area contributed by atoms with Crippen molar-refractivity contribution in [3.63, 3.8) is 0 Å². The molecule has 0 aliphatic heterocycles. The summed E-state index contributed by atoms with van der Waals surface area (Å²) >= 11 is 0. The zero-order valence-corrected chi connectivity index (χ0v) is 14.9. The smallest absolute Gasteiger partial charge is 0.0629 e. The molecule has 4 rings (SSSR count). The molecule has 0 saturated heterocycles. The lowest BCUT2D eigenvalue weighted by Crippen LogP contribution is -2.02. The van der Waals surface area contributed by atoms with E-state index in [2.05, 4.69) is 59.6 Å². The first kappa shape index (κ1) is 16.8. The van der Waals surface area contributed by atoms with E-state index in [-0.39, 0.29) is 0 Å². The zero-order valence-electron chi connectivity index (χ0n) is 14.9. The van der Waals surface area contributed by atoms with Gasteiger partial charge in [0, 0.05) is 23.1 Å². The van der Waals surface area contributed by atoms with Crippen molar-refractivity contribution in [3.05, 3.63) is 108 Å². The molecule has 4 aromatic rings. The summed E-state index contributed by atoms with van der Waals surface area (Å²) in [6.07, 6.45) is 0. The minimum absolute atomic E-state index is 0.717. The molecule has 0 aromatic heterocycles. The maximum absolute atomic E-state index is 6.32. The lowest BCUT2D eigenvalue weighted by molar-refractivity contribution is 1.15. The fourth-order valence-electron chi connectivity index (χ4n) is 3.02. The predicted molar refractivity (Wildman–Crippen MR) is 115 cm³/mol. The highest BCUT2D eigenvalue weighted by Gasteiger charge is 2.03. The fraction of sp³-hybridized carbons (Fsp3) is 0.0400. The van der Waals surface area contributed by atoms with Gasteiger partial charge in [0.2, 0.25) is 0 Å². The number of rotatable bonds is 3. The molecule has 0 atom stereocenters. The average Bonchev–Trinajstić information content (AvgIpc) is 2.73. The summed E-state index contributed by atoms with van der Waals surface area (Å²) in [4.78, 5) is 0. The normalized spacial score (nSPS) is 10.2. The first-order valence-electron chi connectivity index (χ1n) is 8.97. The van der Waals surface area contributed by atoms with Crippen LogP contribution in [-0.4, -0.2) is 0 Å². The molecule has 4 aromatic carbocycles. The lowest BCUT2D eigenvalue weighted by Gasteiger charge is -2.12. The van der Waals surface area contributed by atoms with Crippen LogP contribution in [0.4, 0.5) is 11.4 Å². The first-order chi connectivity index (χ1) is 13.3. The van der Waals surface area contributed by atoms with E-state index in [0.717, 1.165) is 39.8 Å². The topological polar surface area (TPSA) is 38.0 Å². The standard InChI is InChI=1S/C25H20N2/c26-25-23-9-5-4-8-22(23)16-17-24(25)27-18-21-14-12-20(13-15-21)11-10-19-6-2-1-3-7-19/h1-9,12-17,27H,18,26H2. The van der Waals surface area contributed by atoms with Gasteiger partial charge in [0.25, 0.3) is 0 Å². The molecule has 0 unspecified atom stereocenters. The van der Waals surface area contributed by atoms with Crippen molar-refractivity contribution in [1.29, 1.82) is 0 Å². The second kappa shape index (κ2) is 7.68. The number of benzene rings is 4. The summed E-state index contributed by atoms with van der Waals surface area (Å²) in [6, 6.07) is 30.6. The van der Waals surface area contributed by atoms with E-state index < -0.39 is 0 Å². The molecular formula is C25H20N2. The molecule has 0 amide bonds. The molecule has 0 heterocycles. The van der Waals surface area contributed by atoms with Gasteiger partial charge in [-0.2, -0.15) is 0 Å². The van der Waals surface area contributed by atoms with Crippen molar-refractivity contribution in [2.24, 2.45) is 0 Å². The van der Waals surface area contributed by atoms with Gasteiger partial charge in [-0.05, 0) is 41.3 Å². The van der Waals surface area contributed by atoms with Crippen LogP contribution in [0.3, 0.4) is 0 Å². The third kappa shape index (κ3) is 3.94. The SMILES string of the molecule is Nc1c(NCc2ccc(C#Cc3ccccc3)cc2)ccc2ccccc12. The van der Waals surface area contributed by atoms with Crippen molar-refractivity contribution >= 4 is 22.1 Å². The summed E-state index contributed by atoms with van der Waals surface area (Å²) in [5.41, 5.74) is 11.3. The number of hydrogen-bond donors (Lipinski definition) is 2. The van der Waals surface area contributed by atoms with Crippen LogP contribution < -0.4 is 11.1 Å². The van der Waals surface area contributed by atoms with E-state index >= 15 is 0 Å². The van der Waals surface area contributed by atoms with E-state index in [1.165, 1.54) is 5.56 Å². The van der Waals surface area contributed by atoms with Crippen LogP contribution in [0.25, 0.3) is 10.8 Å². The van der Waals surface area contributed by atoms with Crippen LogP contribution in [0.5, 0.6) is 0 Å². The second-order valence-corrected chi connectivity index (χ2v) is 6.41. The highest BCUT2D eigenvalue weighted by atomic mass is 14.9. The number of nitrogen functional groups attached to an aromatic ring is 1. The highest BCUT2D eigenvalue weighted by Crippen LogP contribution is 2.28. The molecule has 2 heteroatoms. The van der Waals surface area contributed by atoms with E-state index in [1.54, 1.807) is 0 Å². The fourth-order valence-corrected chi connectivity index (χ4v) is 3.02. The maximum atomic E-state index is 6.32. The van der Waals surface area contributed by atoms with Crippen molar-refractivity contribution in [3.8, 4) is 11.8 Å². The van der Waals surface area contributed by atoms with Gasteiger partial charge >= 0.3 is 0 Å². The van der Waals surface area contributed by atoms with Gasteiger partial charge in [-0.15, -0.1) is 0 Å². The molecule has 0 aliphatic rings. The van der Waals surface area contributed by atoms with Crippen molar-refractivity contribution < 1.29 is 0 Å². The molecule has 0 bridgehead atoms. The summed E-state index contributed by atoms with van der Waals surface area (Å²) in [5, 5.41) is 5.67. The number of nitrogens with two attached hydrogens (primary N) is 1. The van der Waals surface area contributed by atoms with E-state index in [1.807, 2.05) is 48.5 Å². The molecule has 3 N–H and O–H groups in total. The van der Waals surface area contributed by atoms with Gasteiger partial charge in [0.15, 0.2) is 0 Å². The number of fused-ring (bicyclic) bond motifs is 1. The Hall–Kier alpha value is -3.70. The summed E-state index contributed by atoms with van der Waals surface area (Å²) in [6.45, 7) is 0.717. The van der Waals surface area contributed by atoms with Crippen LogP contribution in [0.1, 0.15) is 16.7 Å². The second-order valence-electron chi connectivity index (χ2n) is 6.41. The summed E-state index contributed by atoms with van der Waals surface area (Å²) in [5.74, 6) is 6.38. The molecule has 0 fully saturated rings. The van der Waals surface area contributed by atoms with Gasteiger partial charge in [-0.3, -0.25) is 0 Å². The Kier molecular flexibility index (Phi) is 4.76. The monoisotopic (exact) mass is 348 g/mol.